The number of aliphatic hydroxyl groups excluding tert-OH is 1. The topological polar surface area (TPSA) is 124 Å². The van der Waals surface area contributed by atoms with Gasteiger partial charge in [-0.3, -0.25) is 14.5 Å². The van der Waals surface area contributed by atoms with Crippen molar-refractivity contribution in [3.63, 3.8) is 0 Å². The van der Waals surface area contributed by atoms with Crippen molar-refractivity contribution in [2.24, 2.45) is 11.8 Å². The van der Waals surface area contributed by atoms with E-state index in [4.69, 9.17) is 30.0 Å². The third-order valence-corrected chi connectivity index (χ3v) is 16.2. The van der Waals surface area contributed by atoms with E-state index in [-0.39, 0.29) is 46.2 Å². The van der Waals surface area contributed by atoms with Gasteiger partial charge in [-0.25, -0.2) is 4.98 Å². The van der Waals surface area contributed by atoms with E-state index in [1.54, 1.807) is 6.92 Å². The molecule has 1 fully saturated rings. The van der Waals surface area contributed by atoms with Crippen LogP contribution in [-0.4, -0.2) is 59.7 Å². The minimum absolute atomic E-state index is 0.00422. The predicted molar refractivity (Wildman–Crippen MR) is 204 cm³/mol. The van der Waals surface area contributed by atoms with Gasteiger partial charge in [-0.05, 0) is 74.2 Å². The van der Waals surface area contributed by atoms with Gasteiger partial charge in [-0.1, -0.05) is 93.0 Å². The molecule has 0 saturated heterocycles. The minimum Gasteiger partial charge on any atom is -0.507 e. The lowest BCUT2D eigenvalue weighted by Crippen LogP contribution is -2.68. The Kier molecular flexibility index (Phi) is 9.46. The van der Waals surface area contributed by atoms with E-state index in [1.807, 2.05) is 92.8 Å². The average Bonchev–Trinajstić information content (AvgIpc) is 3.52. The summed E-state index contributed by atoms with van der Waals surface area (Å²) in [6.07, 6.45) is 0.628. The Morgan fingerprint density at radius 1 is 0.962 bits per heavy atom. The summed E-state index contributed by atoms with van der Waals surface area (Å²) >= 11 is 6.81. The molecule has 0 aliphatic heterocycles. The number of rotatable bonds is 9. The maximum absolute atomic E-state index is 15.7. The number of pyridine rings is 1. The molecule has 4 aromatic rings. The predicted octanol–water partition coefficient (Wildman–Crippen LogP) is 8.48. The number of hydrogen-bond acceptors (Lipinski definition) is 10. The Morgan fingerprint density at radius 2 is 1.57 bits per heavy atom. The van der Waals surface area contributed by atoms with Crippen LogP contribution in [0.1, 0.15) is 77.3 Å². The van der Waals surface area contributed by atoms with Gasteiger partial charge in [0.05, 0.1) is 17.3 Å². The number of benzene rings is 2. The molecule has 3 aliphatic carbocycles. The van der Waals surface area contributed by atoms with Crippen LogP contribution < -0.4 is 9.47 Å². The van der Waals surface area contributed by atoms with E-state index >= 15 is 9.59 Å². The third kappa shape index (κ3) is 6.11. The molecule has 2 heterocycles. The Balaban J connectivity index is 1.41. The highest BCUT2D eigenvalue weighted by Gasteiger charge is 2.69. The van der Waals surface area contributed by atoms with Crippen molar-refractivity contribution in [2.75, 3.05) is 14.1 Å². The van der Waals surface area contributed by atoms with Crippen LogP contribution in [0, 0.1) is 18.8 Å². The molecule has 0 unspecified atom stereocenters. The normalized spacial score (nSPS) is 22.6. The first kappa shape index (κ1) is 37.0. The van der Waals surface area contributed by atoms with Gasteiger partial charge in [0.25, 0.3) is 5.88 Å². The summed E-state index contributed by atoms with van der Waals surface area (Å²) in [5.74, 6) is -1.91. The van der Waals surface area contributed by atoms with Gasteiger partial charge in [0.2, 0.25) is 11.6 Å². The quantitative estimate of drug-likeness (QED) is 0.101. The highest BCUT2D eigenvalue weighted by molar-refractivity contribution is 6.74. The molecule has 10 nitrogen and oxygen atoms in total. The van der Waals surface area contributed by atoms with E-state index in [9.17, 15) is 5.11 Å². The molecule has 1 saturated carbocycles. The molecule has 0 bridgehead atoms. The standard InChI is InChI=1S/C41H46ClN3O7Si/c1-23-34(49-21-24-15-11-9-12-16-24)30-27(38(42)43-23)19-26-20-28-32(45(5)6)35-31(39(44-51-35)50-22-25-17-13-10-14-18-25)37(48)41(28,36(47)29(26)33(30)46)52-53(7,8)40(2,3)4/h9-18,26,28,32,46H,19-22H2,1-8H3/t26-,28-,32-,41-/m0/s1. The number of aromatic nitrogens is 2. The van der Waals surface area contributed by atoms with Crippen molar-refractivity contribution in [1.29, 1.82) is 0 Å². The van der Waals surface area contributed by atoms with Crippen molar-refractivity contribution in [2.45, 2.75) is 83.5 Å². The molecule has 53 heavy (non-hydrogen) atoms. The molecule has 1 N–H and O–H groups in total. The van der Waals surface area contributed by atoms with Crippen LogP contribution in [0.2, 0.25) is 23.3 Å². The fraction of sp³-hybridized carbons (Fsp3) is 0.415. The first-order valence-electron chi connectivity index (χ1n) is 18.0. The first-order valence-corrected chi connectivity index (χ1v) is 21.3. The zero-order valence-corrected chi connectivity index (χ0v) is 33.2. The second-order valence-corrected chi connectivity index (χ2v) is 21.2. The number of hydrogen-bond donors (Lipinski definition) is 1. The molecule has 0 amide bonds. The monoisotopic (exact) mass is 755 g/mol. The molecule has 7 rings (SSSR count). The average molecular weight is 756 g/mol. The minimum atomic E-state index is -2.89. The molecule has 2 aromatic heterocycles. The number of nitrogens with zero attached hydrogens (tertiary/aromatic N) is 3. The number of ether oxygens (including phenoxy) is 2. The molecule has 4 atom stereocenters. The van der Waals surface area contributed by atoms with Gasteiger partial charge < -0.3 is 23.5 Å². The maximum atomic E-state index is 15.7. The summed E-state index contributed by atoms with van der Waals surface area (Å²) in [4.78, 5) is 37.6. The van der Waals surface area contributed by atoms with E-state index in [0.29, 0.717) is 41.2 Å². The van der Waals surface area contributed by atoms with Crippen LogP contribution in [0.3, 0.4) is 0 Å². The third-order valence-electron chi connectivity index (χ3n) is 11.5. The van der Waals surface area contributed by atoms with Gasteiger partial charge in [-0.15, -0.1) is 0 Å². The lowest BCUT2D eigenvalue weighted by atomic mass is 9.57. The lowest BCUT2D eigenvalue weighted by Gasteiger charge is -2.55. The van der Waals surface area contributed by atoms with Crippen LogP contribution >= 0.6 is 11.6 Å². The number of aryl methyl sites for hydroxylation is 1. The Labute approximate surface area is 316 Å². The van der Waals surface area contributed by atoms with Crippen molar-refractivity contribution in [3.8, 4) is 11.6 Å². The van der Waals surface area contributed by atoms with Crippen LogP contribution in [0.4, 0.5) is 0 Å². The number of Topliss-reactive ketones (excluding diaryl/α,β-unsaturated/α-hetero) is 2. The summed E-state index contributed by atoms with van der Waals surface area (Å²) in [5.41, 5.74) is 1.41. The summed E-state index contributed by atoms with van der Waals surface area (Å²) in [6, 6.07) is 18.6. The van der Waals surface area contributed by atoms with Crippen molar-refractivity contribution >= 4 is 37.2 Å². The number of carbonyl (C=O) groups excluding carboxylic acids is 2. The largest absolute Gasteiger partial charge is 0.507 e. The summed E-state index contributed by atoms with van der Waals surface area (Å²) in [5, 5.41) is 16.5. The summed E-state index contributed by atoms with van der Waals surface area (Å²) < 4.78 is 25.7. The second kappa shape index (κ2) is 13.5. The first-order chi connectivity index (χ1) is 25.1. The van der Waals surface area contributed by atoms with Crippen LogP contribution in [0.25, 0.3) is 5.76 Å². The summed E-state index contributed by atoms with van der Waals surface area (Å²) in [6.45, 7) is 12.4. The van der Waals surface area contributed by atoms with Crippen LogP contribution in [0.15, 0.2) is 70.8 Å². The Bertz CT molecular complexity index is 2110. The zero-order valence-electron chi connectivity index (χ0n) is 31.5. The molecule has 2 aromatic carbocycles. The smallest absolute Gasteiger partial charge is 0.265 e. The highest BCUT2D eigenvalue weighted by Crippen LogP contribution is 2.59. The summed E-state index contributed by atoms with van der Waals surface area (Å²) in [7, 11) is 0.885. The molecule has 0 spiro atoms. The van der Waals surface area contributed by atoms with E-state index < -0.39 is 43.4 Å². The number of aliphatic hydroxyl groups is 1. The van der Waals surface area contributed by atoms with Crippen molar-refractivity contribution in [1.82, 2.24) is 15.0 Å². The fourth-order valence-electron chi connectivity index (χ4n) is 7.87. The Morgan fingerprint density at radius 3 is 2.15 bits per heavy atom. The SMILES string of the molecule is Cc1nc(Cl)c2c(c1OCc1ccccc1)C(O)=C1C(=O)[C@]3(O[Si](C)(C)C(C)(C)C)C(=O)c4c(OCc5ccccc5)noc4[C@@H](N(C)C)[C@@H]3C[C@@H]1C2. The van der Waals surface area contributed by atoms with E-state index in [1.165, 1.54) is 0 Å². The number of ketones is 2. The fourth-order valence-corrected chi connectivity index (χ4v) is 9.62. The van der Waals surface area contributed by atoms with Crippen LogP contribution in [-0.2, 0) is 28.9 Å². The molecular weight excluding hydrogens is 710 g/mol. The number of carbonyl (C=O) groups is 2. The van der Waals surface area contributed by atoms with Gasteiger partial charge in [0.1, 0.15) is 29.7 Å². The molecule has 278 valence electrons. The Hall–Kier alpha value is -4.29. The van der Waals surface area contributed by atoms with Crippen molar-refractivity contribution in [3.05, 3.63) is 111 Å². The molecule has 0 radical (unpaired) electrons. The zero-order chi connectivity index (χ0) is 38.0. The molecule has 12 heteroatoms. The highest BCUT2D eigenvalue weighted by atomic mass is 35.5. The lowest BCUT2D eigenvalue weighted by molar-refractivity contribution is -0.140. The van der Waals surface area contributed by atoms with Gasteiger partial charge in [0, 0.05) is 17.1 Å². The second-order valence-electron chi connectivity index (χ2n) is 16.1. The maximum Gasteiger partial charge on any atom is 0.265 e. The van der Waals surface area contributed by atoms with Gasteiger partial charge in [0.15, 0.2) is 25.4 Å². The van der Waals surface area contributed by atoms with Crippen molar-refractivity contribution < 1.29 is 33.1 Å². The number of fused-ring (bicyclic) bond motifs is 4. The van der Waals surface area contributed by atoms with Crippen LogP contribution in [0.5, 0.6) is 11.6 Å². The van der Waals surface area contributed by atoms with E-state index in [0.717, 1.165) is 11.1 Å². The molecular formula is C41H46ClN3O7Si. The molecule has 3 aliphatic rings. The van der Waals surface area contributed by atoms with Gasteiger partial charge >= 0.3 is 0 Å². The number of halogens is 1. The van der Waals surface area contributed by atoms with E-state index in [2.05, 4.69) is 30.9 Å². The van der Waals surface area contributed by atoms with Gasteiger partial charge in [-0.2, -0.15) is 0 Å².